The summed E-state index contributed by atoms with van der Waals surface area (Å²) in [6.45, 7) is 10.4. The van der Waals surface area contributed by atoms with Crippen molar-refractivity contribution >= 4 is 0 Å². The predicted octanol–water partition coefficient (Wildman–Crippen LogP) is 0.214. The molecule has 9 rings (SSSR count). The minimum atomic E-state index is -1.84. The smallest absolute Gasteiger partial charge is 0.187 e. The van der Waals surface area contributed by atoms with Crippen LogP contribution in [0.1, 0.15) is 92.4 Å². The minimum absolute atomic E-state index is 0.0484. The molecule has 0 aromatic rings. The number of ether oxygens (including phenoxy) is 8. The third-order valence-electron chi connectivity index (χ3n) is 17.7. The molecule has 9 N–H and O–H groups in total. The fourth-order valence-electron chi connectivity index (χ4n) is 14.0. The standard InChI is InChI=1S/C45H72O17/c1-19-8-13-45(55-18-19)20(2)30-27(62-45)15-26-24-7-6-22-14-23(9-11-43(22,4)25(24)10-12-44(26,30)5)57-42-39(61-40-36(53)34(51)31(48)21(3)56-40)38(33(50)29(17-47)59-42)60-41-37(54)35(52)32(49)28(16-46)58-41/h6,19-21,23-42,46-54H,7-18H2,1-5H3/t19-,20+,21+,23+,24+,25+,26+,27+,28-,29-,30+,31+,32-,33-,34-,35+,36-,37-,38+,39-,40+,41+,42-,43+,44+,45-/m1/s1. The Bertz CT molecular complexity index is 1610. The van der Waals surface area contributed by atoms with E-state index in [1.165, 1.54) is 12.5 Å². The summed E-state index contributed by atoms with van der Waals surface area (Å²) in [6.07, 6.45) is -12.4. The van der Waals surface area contributed by atoms with Gasteiger partial charge in [0.25, 0.3) is 0 Å². The molecule has 8 fully saturated rings. The lowest BCUT2D eigenvalue weighted by molar-refractivity contribution is -0.394. The first-order valence-electron chi connectivity index (χ1n) is 23.4. The summed E-state index contributed by atoms with van der Waals surface area (Å²) in [7, 11) is 0. The number of allylic oxidation sites excluding steroid dienone is 1. The van der Waals surface area contributed by atoms with Gasteiger partial charge in [-0.25, -0.2) is 0 Å². The van der Waals surface area contributed by atoms with Crippen molar-refractivity contribution in [2.75, 3.05) is 19.8 Å². The first-order chi connectivity index (χ1) is 29.4. The van der Waals surface area contributed by atoms with Crippen LogP contribution >= 0.6 is 0 Å². The Kier molecular flexibility index (Phi) is 12.9. The molecule has 5 heterocycles. The van der Waals surface area contributed by atoms with Crippen molar-refractivity contribution in [2.24, 2.45) is 46.3 Å². The largest absolute Gasteiger partial charge is 0.394 e. The van der Waals surface area contributed by atoms with E-state index in [1.807, 2.05) is 0 Å². The van der Waals surface area contributed by atoms with E-state index in [0.29, 0.717) is 48.3 Å². The Hall–Kier alpha value is -0.940. The van der Waals surface area contributed by atoms with E-state index in [2.05, 4.69) is 33.8 Å². The van der Waals surface area contributed by atoms with Crippen LogP contribution in [0, 0.1) is 46.3 Å². The van der Waals surface area contributed by atoms with Crippen LogP contribution in [-0.2, 0) is 37.9 Å². The molecule has 5 aliphatic heterocycles. The van der Waals surface area contributed by atoms with Gasteiger partial charge in [-0.3, -0.25) is 0 Å². The van der Waals surface area contributed by atoms with E-state index in [1.54, 1.807) is 0 Å². The van der Waals surface area contributed by atoms with Crippen molar-refractivity contribution in [2.45, 2.75) is 203 Å². The zero-order valence-electron chi connectivity index (χ0n) is 36.6. The second kappa shape index (κ2) is 17.3. The van der Waals surface area contributed by atoms with E-state index >= 15 is 0 Å². The Morgan fingerprint density at radius 3 is 2.03 bits per heavy atom. The third-order valence-corrected chi connectivity index (χ3v) is 17.7. The zero-order valence-corrected chi connectivity index (χ0v) is 36.6. The van der Waals surface area contributed by atoms with E-state index in [9.17, 15) is 46.0 Å². The average Bonchev–Trinajstić information content (AvgIpc) is 3.70. The number of aliphatic hydroxyl groups excluding tert-OH is 9. The van der Waals surface area contributed by atoms with Gasteiger partial charge in [-0.15, -0.1) is 0 Å². The number of fused-ring (bicyclic) bond motifs is 7. The zero-order chi connectivity index (χ0) is 44.2. The van der Waals surface area contributed by atoms with Gasteiger partial charge in [0.05, 0.1) is 38.1 Å². The van der Waals surface area contributed by atoms with Crippen LogP contribution in [-0.4, -0.2) is 176 Å². The average molecular weight is 885 g/mol. The Balaban J connectivity index is 0.940. The van der Waals surface area contributed by atoms with E-state index < -0.39 is 117 Å². The maximum atomic E-state index is 11.6. The van der Waals surface area contributed by atoms with Crippen molar-refractivity contribution < 1.29 is 83.9 Å². The summed E-state index contributed by atoms with van der Waals surface area (Å²) in [5.74, 6) is 2.52. The monoisotopic (exact) mass is 884 g/mol. The molecular weight excluding hydrogens is 812 g/mol. The number of hydrogen-bond acceptors (Lipinski definition) is 17. The first kappa shape index (κ1) is 46.2. The van der Waals surface area contributed by atoms with Gasteiger partial charge in [0.2, 0.25) is 0 Å². The molecule has 62 heavy (non-hydrogen) atoms. The molecule has 0 aromatic heterocycles. The van der Waals surface area contributed by atoms with Gasteiger partial charge in [-0.2, -0.15) is 0 Å². The highest BCUT2D eigenvalue weighted by Gasteiger charge is 2.69. The molecule has 0 radical (unpaired) electrons. The molecule has 3 saturated carbocycles. The van der Waals surface area contributed by atoms with Crippen molar-refractivity contribution in [1.29, 1.82) is 0 Å². The summed E-state index contributed by atoms with van der Waals surface area (Å²) in [5, 5.41) is 95.8. The van der Waals surface area contributed by atoms with Crippen LogP contribution < -0.4 is 0 Å². The molecule has 5 saturated heterocycles. The Morgan fingerprint density at radius 2 is 1.34 bits per heavy atom. The highest BCUT2D eigenvalue weighted by atomic mass is 16.8. The molecule has 0 aromatic carbocycles. The van der Waals surface area contributed by atoms with Crippen molar-refractivity contribution in [3.63, 3.8) is 0 Å². The maximum Gasteiger partial charge on any atom is 0.187 e. The highest BCUT2D eigenvalue weighted by Crippen LogP contribution is 2.70. The second-order valence-electron chi connectivity index (χ2n) is 21.1. The third kappa shape index (κ3) is 7.49. The van der Waals surface area contributed by atoms with Gasteiger partial charge in [0.1, 0.15) is 67.1 Å². The minimum Gasteiger partial charge on any atom is -0.394 e. The van der Waals surface area contributed by atoms with Gasteiger partial charge in [-0.05, 0) is 98.7 Å². The fraction of sp³-hybridized carbons (Fsp3) is 0.956. The molecule has 1 spiro atoms. The van der Waals surface area contributed by atoms with Crippen LogP contribution in [0.3, 0.4) is 0 Å². The van der Waals surface area contributed by atoms with Gasteiger partial charge < -0.3 is 83.9 Å². The van der Waals surface area contributed by atoms with Crippen LogP contribution in [0.4, 0.5) is 0 Å². The van der Waals surface area contributed by atoms with Gasteiger partial charge in [-0.1, -0.05) is 39.3 Å². The topological polar surface area (TPSA) is 256 Å². The first-order valence-corrected chi connectivity index (χ1v) is 23.4. The van der Waals surface area contributed by atoms with Crippen LogP contribution in [0.2, 0.25) is 0 Å². The normalized spacial score (nSPS) is 57.6. The van der Waals surface area contributed by atoms with Gasteiger partial charge >= 0.3 is 0 Å². The van der Waals surface area contributed by atoms with E-state index in [4.69, 9.17) is 37.9 Å². The number of hydrogen-bond donors (Lipinski definition) is 9. The highest BCUT2D eigenvalue weighted by molar-refractivity contribution is 5.26. The number of rotatable bonds is 8. The second-order valence-corrected chi connectivity index (χ2v) is 21.1. The fourth-order valence-corrected chi connectivity index (χ4v) is 14.0. The maximum absolute atomic E-state index is 11.6. The summed E-state index contributed by atoms with van der Waals surface area (Å²) in [6, 6.07) is 0. The summed E-state index contributed by atoms with van der Waals surface area (Å²) >= 11 is 0. The Labute approximate surface area is 363 Å². The van der Waals surface area contributed by atoms with Gasteiger partial charge in [0.15, 0.2) is 24.7 Å². The summed E-state index contributed by atoms with van der Waals surface area (Å²) in [4.78, 5) is 0. The molecule has 17 heteroatoms. The van der Waals surface area contributed by atoms with E-state index in [0.717, 1.165) is 51.6 Å². The van der Waals surface area contributed by atoms with Crippen LogP contribution in [0.5, 0.6) is 0 Å². The molecule has 17 nitrogen and oxygen atoms in total. The number of aliphatic hydroxyl groups is 9. The van der Waals surface area contributed by atoms with Gasteiger partial charge in [0, 0.05) is 12.3 Å². The molecule has 0 unspecified atom stereocenters. The molecule has 354 valence electrons. The molecule has 0 bridgehead atoms. The van der Waals surface area contributed by atoms with E-state index in [-0.39, 0.29) is 16.9 Å². The van der Waals surface area contributed by atoms with Crippen molar-refractivity contribution in [1.82, 2.24) is 0 Å². The predicted molar refractivity (Wildman–Crippen MR) is 214 cm³/mol. The van der Waals surface area contributed by atoms with Crippen LogP contribution in [0.15, 0.2) is 11.6 Å². The molecule has 26 atom stereocenters. The lowest BCUT2D eigenvalue weighted by atomic mass is 9.47. The molecule has 9 aliphatic rings. The molecule has 0 amide bonds. The Morgan fingerprint density at radius 1 is 0.677 bits per heavy atom. The molecular formula is C45H72O17. The summed E-state index contributed by atoms with van der Waals surface area (Å²) in [5.41, 5.74) is 1.45. The molecule has 4 aliphatic carbocycles. The van der Waals surface area contributed by atoms with Crippen molar-refractivity contribution in [3.8, 4) is 0 Å². The lowest BCUT2D eigenvalue weighted by Crippen LogP contribution is -2.67. The lowest BCUT2D eigenvalue weighted by Gasteiger charge is -2.59. The van der Waals surface area contributed by atoms with Crippen LogP contribution in [0.25, 0.3) is 0 Å². The summed E-state index contributed by atoms with van der Waals surface area (Å²) < 4.78 is 50.3. The SMILES string of the molecule is C[C@@H]1CC[C@@]2(OC1)O[C@H]1C[C@H]3[C@H]4CC=C5C[C@@H](O[C@@H]6O[C@H](CO)[C@@H](O)[C@H](O[C@@H]7O[C@H](CO)[C@@H](O)[C@H](O)[C@H]7O)[C@H]6O[C@@H]6O[C@@H](C)[C@H](O)[C@@H](O)[C@H]6O)CC[C@]5(C)[C@H]4CC[C@]3(C)[C@H]1[C@@H]2C. The van der Waals surface area contributed by atoms with Crippen molar-refractivity contribution in [3.05, 3.63) is 11.6 Å². The quantitative estimate of drug-likeness (QED) is 0.148.